The van der Waals surface area contributed by atoms with Crippen molar-refractivity contribution in [1.29, 1.82) is 0 Å². The third kappa shape index (κ3) is 4.01. The number of benzene rings is 7. The van der Waals surface area contributed by atoms with Crippen LogP contribution in [0, 0.1) is 0 Å². The predicted molar refractivity (Wildman–Crippen MR) is 186 cm³/mol. The van der Waals surface area contributed by atoms with Crippen molar-refractivity contribution in [2.45, 2.75) is 19.3 Å². The Labute approximate surface area is 261 Å². The van der Waals surface area contributed by atoms with Crippen molar-refractivity contribution in [3.63, 3.8) is 0 Å². The zero-order valence-electron chi connectivity index (χ0n) is 25.1. The van der Waals surface area contributed by atoms with Crippen LogP contribution in [0.3, 0.4) is 0 Å². The monoisotopic (exact) mass is 575 g/mol. The van der Waals surface area contributed by atoms with Crippen molar-refractivity contribution in [3.05, 3.63) is 151 Å². The first-order valence-corrected chi connectivity index (χ1v) is 15.5. The molecule has 9 rings (SSSR count). The lowest BCUT2D eigenvalue weighted by molar-refractivity contribution is 0.660. The van der Waals surface area contributed by atoms with Gasteiger partial charge in [-0.3, -0.25) is 0 Å². The molecule has 0 saturated carbocycles. The number of rotatable bonds is 3. The van der Waals surface area contributed by atoms with Crippen LogP contribution in [0.1, 0.15) is 25.0 Å². The van der Waals surface area contributed by atoms with Crippen LogP contribution in [-0.2, 0) is 5.41 Å². The summed E-state index contributed by atoms with van der Waals surface area (Å²) >= 11 is 0. The van der Waals surface area contributed by atoms with E-state index < -0.39 is 0 Å². The van der Waals surface area contributed by atoms with Gasteiger partial charge in [0.15, 0.2) is 17.5 Å². The maximum Gasteiger partial charge on any atom is 0.164 e. The fourth-order valence-electron chi connectivity index (χ4n) is 7.17. The van der Waals surface area contributed by atoms with E-state index in [0.717, 1.165) is 22.1 Å². The second-order valence-corrected chi connectivity index (χ2v) is 12.5. The third-order valence-electron chi connectivity index (χ3n) is 9.49. The lowest BCUT2D eigenvalue weighted by Crippen LogP contribution is -2.15. The summed E-state index contributed by atoms with van der Waals surface area (Å²) in [7, 11) is 0. The molecule has 0 saturated heterocycles. The molecule has 0 N–H and O–H groups in total. The second-order valence-electron chi connectivity index (χ2n) is 12.5. The van der Waals surface area contributed by atoms with Crippen LogP contribution in [0.15, 0.2) is 140 Å². The summed E-state index contributed by atoms with van der Waals surface area (Å²) in [5.74, 6) is 2.02. The molecular weight excluding hydrogens is 546 g/mol. The summed E-state index contributed by atoms with van der Waals surface area (Å²) in [5, 5.41) is 7.42. The Morgan fingerprint density at radius 3 is 1.80 bits per heavy atom. The minimum Gasteiger partial charge on any atom is -0.208 e. The Balaban J connectivity index is 1.23. The van der Waals surface area contributed by atoms with Gasteiger partial charge in [-0.05, 0) is 66.7 Å². The van der Waals surface area contributed by atoms with Crippen LogP contribution in [0.4, 0.5) is 0 Å². The number of nitrogens with zero attached hydrogens (tertiary/aromatic N) is 3. The Bertz CT molecular complexity index is 2460. The Hall–Kier alpha value is -5.67. The van der Waals surface area contributed by atoms with Gasteiger partial charge in [-0.2, -0.15) is 0 Å². The van der Waals surface area contributed by atoms with Crippen molar-refractivity contribution >= 4 is 32.3 Å². The molecule has 0 aliphatic heterocycles. The van der Waals surface area contributed by atoms with Gasteiger partial charge in [0.25, 0.3) is 0 Å². The maximum atomic E-state index is 5.12. The van der Waals surface area contributed by atoms with Crippen LogP contribution in [0.25, 0.3) is 77.6 Å². The molecule has 212 valence electrons. The first-order chi connectivity index (χ1) is 22.0. The topological polar surface area (TPSA) is 38.7 Å². The van der Waals surface area contributed by atoms with E-state index in [1.165, 1.54) is 49.2 Å². The summed E-state index contributed by atoms with van der Waals surface area (Å²) in [6, 6.07) is 49.6. The highest BCUT2D eigenvalue weighted by molar-refractivity contribution is 6.20. The molecule has 8 aromatic rings. The van der Waals surface area contributed by atoms with Crippen LogP contribution in [-0.4, -0.2) is 15.0 Å². The smallest absolute Gasteiger partial charge is 0.164 e. The number of aromatic nitrogens is 3. The van der Waals surface area contributed by atoms with E-state index >= 15 is 0 Å². The lowest BCUT2D eigenvalue weighted by Gasteiger charge is -2.21. The van der Waals surface area contributed by atoms with Crippen LogP contribution < -0.4 is 0 Å². The van der Waals surface area contributed by atoms with E-state index in [2.05, 4.69) is 135 Å². The van der Waals surface area contributed by atoms with Gasteiger partial charge in [0, 0.05) is 22.1 Å². The van der Waals surface area contributed by atoms with Crippen LogP contribution in [0.5, 0.6) is 0 Å². The first-order valence-electron chi connectivity index (χ1n) is 15.5. The Kier molecular flexibility index (Phi) is 5.54. The predicted octanol–water partition coefficient (Wildman–Crippen LogP) is 10.6. The third-order valence-corrected chi connectivity index (χ3v) is 9.49. The number of hydrogen-bond acceptors (Lipinski definition) is 3. The van der Waals surface area contributed by atoms with Crippen molar-refractivity contribution in [2.24, 2.45) is 0 Å². The van der Waals surface area contributed by atoms with E-state index in [-0.39, 0.29) is 5.41 Å². The van der Waals surface area contributed by atoms with E-state index in [1.807, 2.05) is 18.2 Å². The standard InChI is InChI=1S/C42H29N3/c1-42(2)36-15-9-8-14-34(36)35-23-21-31(25-37(35)42)41-44-39(28-11-4-3-5-12-28)43-40(45-41)30-20-22-33-29(24-30)19-18-27-17-16-26-10-6-7-13-32(26)38(27)33/h3-25H,1-2H3. The molecule has 1 heterocycles. The van der Waals surface area contributed by atoms with Gasteiger partial charge in [-0.25, -0.2) is 15.0 Å². The van der Waals surface area contributed by atoms with Gasteiger partial charge in [0.2, 0.25) is 0 Å². The van der Waals surface area contributed by atoms with Crippen LogP contribution in [0.2, 0.25) is 0 Å². The summed E-state index contributed by atoms with van der Waals surface area (Å²) in [6.07, 6.45) is 0. The molecule has 0 radical (unpaired) electrons. The van der Waals surface area contributed by atoms with E-state index in [4.69, 9.17) is 15.0 Å². The second kappa shape index (κ2) is 9.67. The molecule has 0 unspecified atom stereocenters. The minimum absolute atomic E-state index is 0.106. The number of fused-ring (bicyclic) bond motifs is 8. The molecular formula is C42H29N3. The first kappa shape index (κ1) is 25.8. The van der Waals surface area contributed by atoms with Gasteiger partial charge in [-0.1, -0.05) is 141 Å². The molecule has 1 aromatic heterocycles. The average Bonchev–Trinajstić information content (AvgIpc) is 3.33. The zero-order chi connectivity index (χ0) is 30.1. The average molecular weight is 576 g/mol. The molecule has 3 heteroatoms. The summed E-state index contributed by atoms with van der Waals surface area (Å²) in [4.78, 5) is 15.2. The van der Waals surface area contributed by atoms with E-state index in [9.17, 15) is 0 Å². The van der Waals surface area contributed by atoms with Gasteiger partial charge < -0.3 is 0 Å². The molecule has 1 aliphatic rings. The van der Waals surface area contributed by atoms with Gasteiger partial charge in [0.05, 0.1) is 0 Å². The molecule has 7 aromatic carbocycles. The fraction of sp³-hybridized carbons (Fsp3) is 0.0714. The Morgan fingerprint density at radius 2 is 0.978 bits per heavy atom. The normalized spacial score (nSPS) is 13.3. The highest BCUT2D eigenvalue weighted by atomic mass is 15.0. The van der Waals surface area contributed by atoms with Crippen molar-refractivity contribution < 1.29 is 0 Å². The Morgan fingerprint density at radius 1 is 0.400 bits per heavy atom. The molecule has 45 heavy (non-hydrogen) atoms. The van der Waals surface area contributed by atoms with Crippen molar-refractivity contribution in [3.8, 4) is 45.3 Å². The minimum atomic E-state index is -0.106. The molecule has 0 fully saturated rings. The molecule has 0 bridgehead atoms. The molecule has 3 nitrogen and oxygen atoms in total. The largest absolute Gasteiger partial charge is 0.208 e. The molecule has 0 atom stereocenters. The molecule has 1 aliphatic carbocycles. The highest BCUT2D eigenvalue weighted by Gasteiger charge is 2.35. The van der Waals surface area contributed by atoms with Gasteiger partial charge in [0.1, 0.15) is 0 Å². The van der Waals surface area contributed by atoms with Crippen molar-refractivity contribution in [2.75, 3.05) is 0 Å². The highest BCUT2D eigenvalue weighted by Crippen LogP contribution is 2.49. The van der Waals surface area contributed by atoms with Crippen LogP contribution >= 0.6 is 0 Å². The van der Waals surface area contributed by atoms with Gasteiger partial charge in [-0.15, -0.1) is 0 Å². The van der Waals surface area contributed by atoms with E-state index in [1.54, 1.807) is 0 Å². The van der Waals surface area contributed by atoms with Gasteiger partial charge >= 0.3 is 0 Å². The molecule has 0 spiro atoms. The quantitative estimate of drug-likeness (QED) is 0.197. The SMILES string of the molecule is CC1(C)c2ccccc2-c2ccc(-c3nc(-c4ccccc4)nc(-c4ccc5c(ccc6ccc7ccccc7c65)c4)n3)cc21. The summed E-state index contributed by atoms with van der Waals surface area (Å²) in [5.41, 5.74) is 8.07. The summed E-state index contributed by atoms with van der Waals surface area (Å²) < 4.78 is 0. The zero-order valence-corrected chi connectivity index (χ0v) is 25.1. The van der Waals surface area contributed by atoms with Crippen molar-refractivity contribution in [1.82, 2.24) is 15.0 Å². The number of hydrogen-bond donors (Lipinski definition) is 0. The fourth-order valence-corrected chi connectivity index (χ4v) is 7.17. The molecule has 0 amide bonds. The lowest BCUT2D eigenvalue weighted by atomic mass is 9.82. The maximum absolute atomic E-state index is 5.12. The van der Waals surface area contributed by atoms with E-state index in [0.29, 0.717) is 17.5 Å². The summed E-state index contributed by atoms with van der Waals surface area (Å²) in [6.45, 7) is 4.61.